The maximum atomic E-state index is 12.3. The van der Waals surface area contributed by atoms with E-state index in [4.69, 9.17) is 9.47 Å². The molecule has 2 rings (SSSR count). The predicted molar refractivity (Wildman–Crippen MR) is 75.2 cm³/mol. The lowest BCUT2D eigenvalue weighted by Crippen LogP contribution is -2.51. The molecule has 1 aliphatic carbocycles. The molecule has 0 aromatic carbocycles. The molecule has 0 bridgehead atoms. The summed E-state index contributed by atoms with van der Waals surface area (Å²) in [5, 5.41) is 0. The van der Waals surface area contributed by atoms with E-state index >= 15 is 0 Å². The van der Waals surface area contributed by atoms with Crippen molar-refractivity contribution in [1.82, 2.24) is 0 Å². The number of aldehydes is 1. The third-order valence-corrected chi connectivity index (χ3v) is 4.46. The molecule has 2 aliphatic rings. The van der Waals surface area contributed by atoms with Crippen LogP contribution in [0.3, 0.4) is 0 Å². The standard InChI is InChI=1S/C16H20O5/c1-4-20-15(19)13-9-10(2)11(3)12(6-8-17)16(13)7-5-14(18)21-16/h5,7-8,12-13H,4,6,9H2,1-3H3/t12-,13-,16+/m1/s1. The summed E-state index contributed by atoms with van der Waals surface area (Å²) in [4.78, 5) is 35.0. The summed E-state index contributed by atoms with van der Waals surface area (Å²) in [6.45, 7) is 5.86. The zero-order valence-corrected chi connectivity index (χ0v) is 12.5. The molecule has 5 nitrogen and oxygen atoms in total. The van der Waals surface area contributed by atoms with Crippen LogP contribution < -0.4 is 0 Å². The second kappa shape index (κ2) is 5.84. The average molecular weight is 292 g/mol. The van der Waals surface area contributed by atoms with Gasteiger partial charge < -0.3 is 14.3 Å². The van der Waals surface area contributed by atoms with E-state index in [1.165, 1.54) is 6.08 Å². The maximum absolute atomic E-state index is 12.3. The van der Waals surface area contributed by atoms with Crippen molar-refractivity contribution in [2.75, 3.05) is 6.61 Å². The minimum absolute atomic E-state index is 0.205. The van der Waals surface area contributed by atoms with Crippen LogP contribution in [0.1, 0.15) is 33.6 Å². The van der Waals surface area contributed by atoms with Crippen molar-refractivity contribution in [3.05, 3.63) is 23.3 Å². The van der Waals surface area contributed by atoms with Gasteiger partial charge in [-0.2, -0.15) is 0 Å². The molecule has 1 aliphatic heterocycles. The fraction of sp³-hybridized carbons (Fsp3) is 0.562. The van der Waals surface area contributed by atoms with Crippen molar-refractivity contribution in [1.29, 1.82) is 0 Å². The molecule has 0 saturated heterocycles. The summed E-state index contributed by atoms with van der Waals surface area (Å²) in [6.07, 6.45) is 4.43. The predicted octanol–water partition coefficient (Wildman–Crippen LogP) is 1.96. The van der Waals surface area contributed by atoms with Crippen molar-refractivity contribution < 1.29 is 23.9 Å². The molecule has 0 unspecified atom stereocenters. The number of esters is 2. The number of hydrogen-bond acceptors (Lipinski definition) is 5. The molecule has 0 saturated carbocycles. The number of carbonyl (C=O) groups excluding carboxylic acids is 3. The van der Waals surface area contributed by atoms with Gasteiger partial charge in [0.15, 0.2) is 5.60 Å². The minimum atomic E-state index is -1.09. The minimum Gasteiger partial charge on any atom is -0.466 e. The molecular weight excluding hydrogens is 272 g/mol. The Balaban J connectivity index is 2.49. The van der Waals surface area contributed by atoms with Crippen LogP contribution in [0.5, 0.6) is 0 Å². The molecule has 0 N–H and O–H groups in total. The van der Waals surface area contributed by atoms with Crippen molar-refractivity contribution >= 4 is 18.2 Å². The highest BCUT2D eigenvalue weighted by molar-refractivity contribution is 5.87. The van der Waals surface area contributed by atoms with E-state index in [-0.39, 0.29) is 24.9 Å². The smallest absolute Gasteiger partial charge is 0.331 e. The maximum Gasteiger partial charge on any atom is 0.331 e. The highest BCUT2D eigenvalue weighted by Gasteiger charge is 2.55. The number of allylic oxidation sites excluding steroid dienone is 1. The third kappa shape index (κ3) is 2.52. The zero-order chi connectivity index (χ0) is 15.6. The summed E-state index contributed by atoms with van der Waals surface area (Å²) in [5.74, 6) is -1.79. The van der Waals surface area contributed by atoms with Crippen LogP contribution in [0.4, 0.5) is 0 Å². The molecule has 1 spiro atoms. The zero-order valence-electron chi connectivity index (χ0n) is 12.5. The van der Waals surface area contributed by atoms with Gasteiger partial charge in [-0.1, -0.05) is 11.1 Å². The van der Waals surface area contributed by atoms with Gasteiger partial charge in [-0.15, -0.1) is 0 Å². The molecule has 3 atom stereocenters. The van der Waals surface area contributed by atoms with Crippen molar-refractivity contribution in [2.24, 2.45) is 11.8 Å². The van der Waals surface area contributed by atoms with Crippen LogP contribution in [0.2, 0.25) is 0 Å². The van der Waals surface area contributed by atoms with Crippen molar-refractivity contribution in [3.8, 4) is 0 Å². The van der Waals surface area contributed by atoms with Crippen molar-refractivity contribution in [3.63, 3.8) is 0 Å². The molecular formula is C16H20O5. The first-order valence-electron chi connectivity index (χ1n) is 7.15. The van der Waals surface area contributed by atoms with Gasteiger partial charge in [-0.3, -0.25) is 4.79 Å². The Morgan fingerprint density at radius 3 is 2.76 bits per heavy atom. The van der Waals surface area contributed by atoms with Gasteiger partial charge in [0.1, 0.15) is 12.2 Å². The van der Waals surface area contributed by atoms with E-state index in [2.05, 4.69) is 0 Å². The van der Waals surface area contributed by atoms with E-state index in [0.717, 1.165) is 17.4 Å². The summed E-state index contributed by atoms with van der Waals surface area (Å²) >= 11 is 0. The lowest BCUT2D eigenvalue weighted by atomic mass is 9.65. The van der Waals surface area contributed by atoms with Crippen LogP contribution in [0.25, 0.3) is 0 Å². The van der Waals surface area contributed by atoms with Gasteiger partial charge >= 0.3 is 11.9 Å². The molecule has 0 aromatic rings. The van der Waals surface area contributed by atoms with Gasteiger partial charge in [-0.25, -0.2) is 4.79 Å². The molecule has 114 valence electrons. The molecule has 0 amide bonds. The Labute approximate surface area is 124 Å². The quantitative estimate of drug-likeness (QED) is 0.450. The molecule has 0 fully saturated rings. The Kier molecular flexibility index (Phi) is 4.30. The van der Waals surface area contributed by atoms with Gasteiger partial charge in [0.2, 0.25) is 0 Å². The molecule has 1 heterocycles. The lowest BCUT2D eigenvalue weighted by molar-refractivity contribution is -0.170. The highest BCUT2D eigenvalue weighted by Crippen LogP contribution is 2.48. The first-order chi connectivity index (χ1) is 9.96. The molecule has 0 radical (unpaired) electrons. The van der Waals surface area contributed by atoms with Gasteiger partial charge in [-0.05, 0) is 33.3 Å². The van der Waals surface area contributed by atoms with Crippen LogP contribution >= 0.6 is 0 Å². The topological polar surface area (TPSA) is 69.7 Å². The Hall–Kier alpha value is -1.91. The van der Waals surface area contributed by atoms with E-state index in [1.807, 2.05) is 13.8 Å². The molecule has 0 aromatic heterocycles. The lowest BCUT2D eigenvalue weighted by Gasteiger charge is -2.44. The molecule has 5 heteroatoms. The van der Waals surface area contributed by atoms with E-state index < -0.39 is 17.5 Å². The third-order valence-electron chi connectivity index (χ3n) is 4.46. The largest absolute Gasteiger partial charge is 0.466 e. The molecule has 21 heavy (non-hydrogen) atoms. The van der Waals surface area contributed by atoms with Crippen LogP contribution in [-0.2, 0) is 23.9 Å². The first-order valence-corrected chi connectivity index (χ1v) is 7.15. The van der Waals surface area contributed by atoms with Gasteiger partial charge in [0, 0.05) is 18.4 Å². The summed E-state index contributed by atoms with van der Waals surface area (Å²) in [7, 11) is 0. The summed E-state index contributed by atoms with van der Waals surface area (Å²) < 4.78 is 10.6. The monoisotopic (exact) mass is 292 g/mol. The normalized spacial score (nSPS) is 31.5. The number of carbonyl (C=O) groups is 3. The highest BCUT2D eigenvalue weighted by atomic mass is 16.6. The SMILES string of the molecule is CCOC(=O)[C@H]1CC(C)=C(C)[C@@H](CC=O)[C@@]12C=CC(=O)O2. The van der Waals surface area contributed by atoms with E-state index in [9.17, 15) is 14.4 Å². The Bertz CT molecular complexity index is 531. The summed E-state index contributed by atoms with van der Waals surface area (Å²) in [5.41, 5.74) is 0.956. The van der Waals surface area contributed by atoms with Gasteiger partial charge in [0.25, 0.3) is 0 Å². The summed E-state index contributed by atoms with van der Waals surface area (Å²) in [6, 6.07) is 0. The average Bonchev–Trinajstić information content (AvgIpc) is 2.82. The van der Waals surface area contributed by atoms with Crippen LogP contribution in [0.15, 0.2) is 23.3 Å². The Morgan fingerprint density at radius 2 is 2.24 bits per heavy atom. The van der Waals surface area contributed by atoms with Gasteiger partial charge in [0.05, 0.1) is 6.61 Å². The number of ether oxygens (including phenoxy) is 2. The number of rotatable bonds is 4. The van der Waals surface area contributed by atoms with E-state index in [1.54, 1.807) is 13.0 Å². The second-order valence-corrected chi connectivity index (χ2v) is 5.54. The fourth-order valence-corrected chi connectivity index (χ4v) is 3.29. The van der Waals surface area contributed by atoms with Crippen LogP contribution in [0, 0.1) is 11.8 Å². The van der Waals surface area contributed by atoms with Crippen LogP contribution in [-0.4, -0.2) is 30.4 Å². The Morgan fingerprint density at radius 1 is 1.52 bits per heavy atom. The second-order valence-electron chi connectivity index (χ2n) is 5.54. The number of hydrogen-bond donors (Lipinski definition) is 0. The first kappa shape index (κ1) is 15.5. The van der Waals surface area contributed by atoms with E-state index in [0.29, 0.717) is 6.42 Å². The van der Waals surface area contributed by atoms with Crippen molar-refractivity contribution in [2.45, 2.75) is 39.2 Å². The fourth-order valence-electron chi connectivity index (χ4n) is 3.29.